The fourth-order valence-corrected chi connectivity index (χ4v) is 2.86. The largest absolute Gasteiger partial charge is 0.388 e. The van der Waals surface area contributed by atoms with Crippen LogP contribution < -0.4 is 0 Å². The zero-order valence-corrected chi connectivity index (χ0v) is 11.6. The van der Waals surface area contributed by atoms with Gasteiger partial charge in [-0.15, -0.1) is 0 Å². The summed E-state index contributed by atoms with van der Waals surface area (Å²) in [4.78, 5) is 10.5. The van der Waals surface area contributed by atoms with Gasteiger partial charge >= 0.3 is 0 Å². The summed E-state index contributed by atoms with van der Waals surface area (Å²) in [6.07, 6.45) is -0.552. The number of rotatable bonds is 6. The molecule has 0 fully saturated rings. The highest BCUT2D eigenvalue weighted by Crippen LogP contribution is 2.25. The normalized spacial score (nSPS) is 12.1. The first-order valence-electron chi connectivity index (χ1n) is 6.21. The van der Waals surface area contributed by atoms with E-state index in [-0.39, 0.29) is 10.6 Å². The van der Waals surface area contributed by atoms with Crippen LogP contribution in [0, 0.1) is 10.1 Å². The van der Waals surface area contributed by atoms with Gasteiger partial charge in [-0.3, -0.25) is 10.1 Å². The molecule has 0 bridgehead atoms. The number of benzene rings is 2. The molecule has 2 rings (SSSR count). The van der Waals surface area contributed by atoms with Gasteiger partial charge in [-0.25, -0.2) is 0 Å². The van der Waals surface area contributed by atoms with Gasteiger partial charge in [0.2, 0.25) is 0 Å². The molecule has 20 heavy (non-hydrogen) atoms. The van der Waals surface area contributed by atoms with Crippen LogP contribution in [0.15, 0.2) is 54.6 Å². The Morgan fingerprint density at radius 3 is 2.45 bits per heavy atom. The van der Waals surface area contributed by atoms with Crippen LogP contribution in [0.4, 0.5) is 5.69 Å². The molecular weight excluding hydrogens is 274 g/mol. The Bertz CT molecular complexity index is 574. The van der Waals surface area contributed by atoms with Crippen molar-refractivity contribution in [2.75, 3.05) is 5.75 Å². The highest BCUT2D eigenvalue weighted by Gasteiger charge is 2.13. The lowest BCUT2D eigenvalue weighted by Gasteiger charge is -2.10. The van der Waals surface area contributed by atoms with Gasteiger partial charge in [-0.1, -0.05) is 48.5 Å². The maximum Gasteiger partial charge on any atom is 0.273 e. The first kappa shape index (κ1) is 14.6. The summed E-state index contributed by atoms with van der Waals surface area (Å²) < 4.78 is 0. The topological polar surface area (TPSA) is 63.4 Å². The number of aliphatic hydroxyl groups excluding tert-OH is 1. The first-order valence-corrected chi connectivity index (χ1v) is 7.37. The Morgan fingerprint density at radius 2 is 1.75 bits per heavy atom. The van der Waals surface area contributed by atoms with Gasteiger partial charge in [-0.05, 0) is 5.56 Å². The van der Waals surface area contributed by atoms with E-state index in [1.165, 1.54) is 17.8 Å². The number of thioether (sulfide) groups is 1. The molecule has 104 valence electrons. The Morgan fingerprint density at radius 1 is 1.10 bits per heavy atom. The van der Waals surface area contributed by atoms with Crippen molar-refractivity contribution in [3.63, 3.8) is 0 Å². The van der Waals surface area contributed by atoms with Gasteiger partial charge in [0.25, 0.3) is 5.69 Å². The van der Waals surface area contributed by atoms with Crippen LogP contribution in [0.2, 0.25) is 0 Å². The minimum absolute atomic E-state index is 0.134. The molecule has 0 aliphatic rings. The minimum Gasteiger partial charge on any atom is -0.388 e. The molecule has 2 aromatic rings. The average Bonchev–Trinajstić information content (AvgIpc) is 2.48. The van der Waals surface area contributed by atoms with Crippen LogP contribution in [-0.2, 0) is 5.75 Å². The van der Waals surface area contributed by atoms with E-state index >= 15 is 0 Å². The van der Waals surface area contributed by atoms with Crippen molar-refractivity contribution < 1.29 is 10.0 Å². The number of nitro benzene ring substituents is 1. The monoisotopic (exact) mass is 289 g/mol. The van der Waals surface area contributed by atoms with Crippen molar-refractivity contribution in [2.24, 2.45) is 0 Å². The highest BCUT2D eigenvalue weighted by molar-refractivity contribution is 7.98. The van der Waals surface area contributed by atoms with Crippen molar-refractivity contribution in [3.05, 3.63) is 75.8 Å². The van der Waals surface area contributed by atoms with E-state index in [1.54, 1.807) is 18.2 Å². The van der Waals surface area contributed by atoms with Crippen LogP contribution in [0.25, 0.3) is 0 Å². The number of hydrogen-bond acceptors (Lipinski definition) is 4. The standard InChI is InChI=1S/C15H15NO3S/c17-15(12-6-2-1-3-7-12)11-20-10-13-8-4-5-9-14(13)16(18)19/h1-9,15,17H,10-11H2. The Hall–Kier alpha value is -1.85. The molecule has 1 N–H and O–H groups in total. The molecule has 0 aliphatic heterocycles. The molecular formula is C15H15NO3S. The molecule has 0 spiro atoms. The molecule has 5 heteroatoms. The fourth-order valence-electron chi connectivity index (χ4n) is 1.86. The van der Waals surface area contributed by atoms with Crippen LogP contribution in [0.5, 0.6) is 0 Å². The third kappa shape index (κ3) is 3.82. The number of nitro groups is 1. The molecule has 0 heterocycles. The van der Waals surface area contributed by atoms with Crippen molar-refractivity contribution >= 4 is 17.4 Å². The van der Waals surface area contributed by atoms with Crippen LogP contribution in [0.3, 0.4) is 0 Å². The summed E-state index contributed by atoms with van der Waals surface area (Å²) in [5.41, 5.74) is 1.68. The third-order valence-electron chi connectivity index (χ3n) is 2.91. The van der Waals surface area contributed by atoms with Crippen molar-refractivity contribution in [2.45, 2.75) is 11.9 Å². The van der Waals surface area contributed by atoms with E-state index in [0.29, 0.717) is 17.1 Å². The second-order valence-electron chi connectivity index (χ2n) is 4.33. The second kappa shape index (κ2) is 7.07. The highest BCUT2D eigenvalue weighted by atomic mass is 32.2. The Kier molecular flexibility index (Phi) is 5.15. The SMILES string of the molecule is O=[N+]([O-])c1ccccc1CSCC(O)c1ccccc1. The van der Waals surface area contributed by atoms with Crippen LogP contribution >= 0.6 is 11.8 Å². The fraction of sp³-hybridized carbons (Fsp3) is 0.200. The molecule has 0 aliphatic carbocycles. The summed E-state index contributed by atoms with van der Waals surface area (Å²) in [6, 6.07) is 16.1. The lowest BCUT2D eigenvalue weighted by atomic mass is 10.1. The minimum atomic E-state index is -0.552. The lowest BCUT2D eigenvalue weighted by molar-refractivity contribution is -0.385. The van der Waals surface area contributed by atoms with Gasteiger partial charge in [0.15, 0.2) is 0 Å². The van der Waals surface area contributed by atoms with Gasteiger partial charge in [-0.2, -0.15) is 11.8 Å². The van der Waals surface area contributed by atoms with E-state index in [1.807, 2.05) is 30.3 Å². The number of nitrogens with zero attached hydrogens (tertiary/aromatic N) is 1. The van der Waals surface area contributed by atoms with Crippen LogP contribution in [0.1, 0.15) is 17.2 Å². The van der Waals surface area contributed by atoms with E-state index in [4.69, 9.17) is 0 Å². The van der Waals surface area contributed by atoms with E-state index in [9.17, 15) is 15.2 Å². The molecule has 0 amide bonds. The Balaban J connectivity index is 1.92. The smallest absolute Gasteiger partial charge is 0.273 e. The summed E-state index contributed by atoms with van der Waals surface area (Å²) in [5.74, 6) is 1.02. The van der Waals surface area contributed by atoms with E-state index in [2.05, 4.69) is 0 Å². The zero-order valence-electron chi connectivity index (χ0n) is 10.8. The van der Waals surface area contributed by atoms with Gasteiger partial charge in [0.05, 0.1) is 11.0 Å². The molecule has 1 atom stereocenters. The van der Waals surface area contributed by atoms with Gasteiger partial charge < -0.3 is 5.11 Å². The second-order valence-corrected chi connectivity index (χ2v) is 5.36. The summed E-state index contributed by atoms with van der Waals surface area (Å²) in [5, 5.41) is 20.9. The first-order chi connectivity index (χ1) is 9.68. The van der Waals surface area contributed by atoms with Gasteiger partial charge in [0.1, 0.15) is 0 Å². The summed E-state index contributed by atoms with van der Waals surface area (Å²) in [7, 11) is 0. The van der Waals surface area contributed by atoms with E-state index in [0.717, 1.165) is 5.56 Å². The quantitative estimate of drug-likeness (QED) is 0.652. The van der Waals surface area contributed by atoms with E-state index < -0.39 is 6.10 Å². The predicted octanol–water partition coefficient (Wildman–Crippen LogP) is 3.56. The van der Waals surface area contributed by atoms with Crippen molar-refractivity contribution in [3.8, 4) is 0 Å². The third-order valence-corrected chi connectivity index (χ3v) is 3.97. The average molecular weight is 289 g/mol. The predicted molar refractivity (Wildman–Crippen MR) is 80.7 cm³/mol. The lowest BCUT2D eigenvalue weighted by Crippen LogP contribution is -2.01. The van der Waals surface area contributed by atoms with Crippen molar-refractivity contribution in [1.82, 2.24) is 0 Å². The summed E-state index contributed by atoms with van der Waals surface area (Å²) in [6.45, 7) is 0. The number of aliphatic hydroxyl groups is 1. The molecule has 0 saturated carbocycles. The van der Waals surface area contributed by atoms with Crippen LogP contribution in [-0.4, -0.2) is 15.8 Å². The Labute approximate surface area is 121 Å². The van der Waals surface area contributed by atoms with Crippen molar-refractivity contribution in [1.29, 1.82) is 0 Å². The number of para-hydroxylation sites is 1. The molecule has 4 nitrogen and oxygen atoms in total. The number of hydrogen-bond donors (Lipinski definition) is 1. The molecule has 2 aromatic carbocycles. The molecule has 1 unspecified atom stereocenters. The summed E-state index contributed by atoms with van der Waals surface area (Å²) >= 11 is 1.49. The maximum atomic E-state index is 10.9. The van der Waals surface area contributed by atoms with Gasteiger partial charge in [0, 0.05) is 23.1 Å². The molecule has 0 radical (unpaired) electrons. The maximum absolute atomic E-state index is 10.9. The zero-order chi connectivity index (χ0) is 14.4. The molecule has 0 aromatic heterocycles. The molecule has 0 saturated heterocycles.